The molecule has 0 radical (unpaired) electrons. The van der Waals surface area contributed by atoms with Crippen molar-refractivity contribution in [2.75, 3.05) is 13.1 Å². The summed E-state index contributed by atoms with van der Waals surface area (Å²) >= 11 is 5.86. The van der Waals surface area contributed by atoms with Crippen LogP contribution >= 0.6 is 11.6 Å². The first kappa shape index (κ1) is 15.8. The molecular formula is C18H15ClN4O2. The third-order valence-electron chi connectivity index (χ3n) is 4.19. The lowest BCUT2D eigenvalue weighted by atomic mass is 9.99. The zero-order chi connectivity index (χ0) is 17.2. The number of halogens is 1. The van der Waals surface area contributed by atoms with Crippen molar-refractivity contribution in [1.82, 2.24) is 20.0 Å². The van der Waals surface area contributed by atoms with Crippen LogP contribution in [0.15, 0.2) is 53.2 Å². The third kappa shape index (κ3) is 3.39. The molecule has 0 saturated carbocycles. The highest BCUT2D eigenvalue weighted by Crippen LogP contribution is 2.27. The topological polar surface area (TPSA) is 72.1 Å². The molecule has 3 aromatic rings. The van der Waals surface area contributed by atoms with Crippen LogP contribution in [0.5, 0.6) is 0 Å². The van der Waals surface area contributed by atoms with Gasteiger partial charge in [0.15, 0.2) is 0 Å². The molecule has 1 aromatic carbocycles. The molecule has 0 bridgehead atoms. The summed E-state index contributed by atoms with van der Waals surface area (Å²) in [5.41, 5.74) is 1.63. The maximum absolute atomic E-state index is 12.3. The quantitative estimate of drug-likeness (QED) is 0.720. The molecule has 0 spiro atoms. The van der Waals surface area contributed by atoms with Crippen LogP contribution in [0.1, 0.15) is 17.4 Å². The summed E-state index contributed by atoms with van der Waals surface area (Å²) in [6, 6.07) is 12.9. The predicted octanol–water partition coefficient (Wildman–Crippen LogP) is 2.95. The van der Waals surface area contributed by atoms with E-state index in [-0.39, 0.29) is 11.8 Å². The van der Waals surface area contributed by atoms with Gasteiger partial charge in [-0.05, 0) is 29.8 Å². The number of carbonyl (C=O) groups excluding carboxylic acids is 1. The van der Waals surface area contributed by atoms with Crippen LogP contribution in [0.2, 0.25) is 5.02 Å². The highest BCUT2D eigenvalue weighted by Gasteiger charge is 2.35. The minimum Gasteiger partial charge on any atom is -0.341 e. The normalized spacial score (nSPS) is 14.4. The lowest BCUT2D eigenvalue weighted by Crippen LogP contribution is -2.49. The number of rotatable bonds is 4. The molecule has 0 unspecified atom stereocenters. The van der Waals surface area contributed by atoms with E-state index >= 15 is 0 Å². The molecule has 1 aliphatic rings. The summed E-state index contributed by atoms with van der Waals surface area (Å²) < 4.78 is 5.33. The van der Waals surface area contributed by atoms with Crippen LogP contribution in [0.3, 0.4) is 0 Å². The van der Waals surface area contributed by atoms with Gasteiger partial charge >= 0.3 is 0 Å². The summed E-state index contributed by atoms with van der Waals surface area (Å²) in [5, 5.41) is 4.64. The van der Waals surface area contributed by atoms with E-state index in [2.05, 4.69) is 15.1 Å². The second kappa shape index (κ2) is 6.64. The Morgan fingerprint density at radius 2 is 2.00 bits per heavy atom. The Kier molecular flexibility index (Phi) is 4.19. The van der Waals surface area contributed by atoms with Gasteiger partial charge in [-0.15, -0.1) is 0 Å². The summed E-state index contributed by atoms with van der Waals surface area (Å²) in [7, 11) is 0. The van der Waals surface area contributed by atoms with Gasteiger partial charge in [0.1, 0.15) is 5.69 Å². The molecule has 1 fully saturated rings. The van der Waals surface area contributed by atoms with Crippen molar-refractivity contribution in [2.45, 2.75) is 12.3 Å². The van der Waals surface area contributed by atoms with Gasteiger partial charge < -0.3 is 9.42 Å². The van der Waals surface area contributed by atoms with Gasteiger partial charge in [0, 0.05) is 24.3 Å². The van der Waals surface area contributed by atoms with Gasteiger partial charge in [0.05, 0.1) is 12.3 Å². The smallest absolute Gasteiger partial charge is 0.233 e. The fourth-order valence-electron chi connectivity index (χ4n) is 2.73. The molecule has 1 aliphatic heterocycles. The van der Waals surface area contributed by atoms with E-state index in [1.807, 2.05) is 30.3 Å². The minimum atomic E-state index is 0.0825. The van der Waals surface area contributed by atoms with Crippen molar-refractivity contribution in [3.8, 4) is 11.5 Å². The maximum atomic E-state index is 12.3. The average molecular weight is 355 g/mol. The van der Waals surface area contributed by atoms with E-state index in [0.717, 1.165) is 5.56 Å². The predicted molar refractivity (Wildman–Crippen MR) is 92.0 cm³/mol. The Hall–Kier alpha value is -2.73. The fourth-order valence-corrected chi connectivity index (χ4v) is 2.85. The van der Waals surface area contributed by atoms with E-state index in [1.165, 1.54) is 0 Å². The van der Waals surface area contributed by atoms with Gasteiger partial charge in [0.2, 0.25) is 17.6 Å². The first-order chi connectivity index (χ1) is 12.2. The van der Waals surface area contributed by atoms with E-state index in [4.69, 9.17) is 16.1 Å². The van der Waals surface area contributed by atoms with Crippen LogP contribution in [-0.4, -0.2) is 39.0 Å². The van der Waals surface area contributed by atoms with Crippen LogP contribution in [0.4, 0.5) is 0 Å². The number of pyridine rings is 1. The van der Waals surface area contributed by atoms with Crippen molar-refractivity contribution in [1.29, 1.82) is 0 Å². The molecule has 1 saturated heterocycles. The Bertz CT molecular complexity index is 874. The van der Waals surface area contributed by atoms with Gasteiger partial charge in [-0.2, -0.15) is 4.98 Å². The zero-order valence-electron chi connectivity index (χ0n) is 13.3. The molecule has 3 heterocycles. The van der Waals surface area contributed by atoms with E-state index in [9.17, 15) is 4.79 Å². The largest absolute Gasteiger partial charge is 0.341 e. The van der Waals surface area contributed by atoms with Gasteiger partial charge in [-0.3, -0.25) is 9.78 Å². The minimum absolute atomic E-state index is 0.0825. The molecule has 126 valence electrons. The Morgan fingerprint density at radius 1 is 1.20 bits per heavy atom. The number of hydrogen-bond acceptors (Lipinski definition) is 5. The summed E-state index contributed by atoms with van der Waals surface area (Å²) in [4.78, 5) is 22.7. The molecular weight excluding hydrogens is 340 g/mol. The Balaban J connectivity index is 1.35. The van der Waals surface area contributed by atoms with Crippen LogP contribution in [0.25, 0.3) is 11.5 Å². The summed E-state index contributed by atoms with van der Waals surface area (Å²) in [6.45, 7) is 1.19. The second-order valence-electron chi connectivity index (χ2n) is 5.97. The molecule has 2 aromatic heterocycles. The Labute approximate surface area is 149 Å². The van der Waals surface area contributed by atoms with Gasteiger partial charge in [-0.1, -0.05) is 35.0 Å². The molecule has 1 amide bonds. The highest BCUT2D eigenvalue weighted by atomic mass is 35.5. The fraction of sp³-hybridized carbons (Fsp3) is 0.222. The average Bonchev–Trinajstić information content (AvgIpc) is 3.06. The van der Waals surface area contributed by atoms with Crippen LogP contribution in [0, 0.1) is 0 Å². The number of aromatic nitrogens is 3. The van der Waals surface area contributed by atoms with Crippen molar-refractivity contribution < 1.29 is 9.32 Å². The van der Waals surface area contributed by atoms with Crippen LogP contribution < -0.4 is 0 Å². The highest BCUT2D eigenvalue weighted by molar-refractivity contribution is 6.30. The van der Waals surface area contributed by atoms with Crippen molar-refractivity contribution in [3.05, 3.63) is 65.1 Å². The standard InChI is InChI=1S/C18H15ClN4O2/c19-14-6-4-12(5-7-14)9-16(24)23-10-13(11-23)18-21-17(22-25-18)15-3-1-2-8-20-15/h1-8,13H,9-11H2. The zero-order valence-corrected chi connectivity index (χ0v) is 14.1. The molecule has 25 heavy (non-hydrogen) atoms. The second-order valence-corrected chi connectivity index (χ2v) is 6.41. The van der Waals surface area contributed by atoms with Crippen molar-refractivity contribution >= 4 is 17.5 Å². The first-order valence-electron chi connectivity index (χ1n) is 7.96. The number of carbonyl (C=O) groups is 1. The van der Waals surface area contributed by atoms with Crippen molar-refractivity contribution in [2.24, 2.45) is 0 Å². The molecule has 7 heteroatoms. The molecule has 0 atom stereocenters. The summed E-state index contributed by atoms with van der Waals surface area (Å²) in [5.74, 6) is 1.19. The van der Waals surface area contributed by atoms with E-state index in [1.54, 1.807) is 23.2 Å². The third-order valence-corrected chi connectivity index (χ3v) is 4.44. The maximum Gasteiger partial charge on any atom is 0.233 e. The lowest BCUT2D eigenvalue weighted by molar-refractivity contribution is -0.135. The first-order valence-corrected chi connectivity index (χ1v) is 8.34. The SMILES string of the molecule is O=C(Cc1ccc(Cl)cc1)N1CC(c2nc(-c3ccccn3)no2)C1. The molecule has 6 nitrogen and oxygen atoms in total. The molecule has 0 N–H and O–H groups in total. The van der Waals surface area contributed by atoms with Gasteiger partial charge in [-0.25, -0.2) is 0 Å². The van der Waals surface area contributed by atoms with E-state index in [0.29, 0.717) is 41.9 Å². The molecule has 4 rings (SSSR count). The summed E-state index contributed by atoms with van der Waals surface area (Å²) in [6.07, 6.45) is 2.05. The number of amides is 1. The number of benzene rings is 1. The number of nitrogens with zero attached hydrogens (tertiary/aromatic N) is 4. The number of hydrogen-bond donors (Lipinski definition) is 0. The van der Waals surface area contributed by atoms with E-state index < -0.39 is 0 Å². The van der Waals surface area contributed by atoms with Crippen molar-refractivity contribution in [3.63, 3.8) is 0 Å². The number of likely N-dealkylation sites (tertiary alicyclic amines) is 1. The molecule has 0 aliphatic carbocycles. The Morgan fingerprint density at radius 3 is 2.72 bits per heavy atom. The lowest BCUT2D eigenvalue weighted by Gasteiger charge is -2.37. The van der Waals surface area contributed by atoms with Crippen LogP contribution in [-0.2, 0) is 11.2 Å². The van der Waals surface area contributed by atoms with Gasteiger partial charge in [0.25, 0.3) is 0 Å². The monoisotopic (exact) mass is 354 g/mol.